The summed E-state index contributed by atoms with van der Waals surface area (Å²) in [6.07, 6.45) is -0.516. The molecule has 3 N–H and O–H groups in total. The van der Waals surface area contributed by atoms with Gasteiger partial charge in [-0.15, -0.1) is 0 Å². The van der Waals surface area contributed by atoms with Crippen LogP contribution in [0.15, 0.2) is 0 Å². The molecular weight excluding hydrogens is 118 g/mol. The fraction of sp³-hybridized carbons (Fsp3) is 1.00. The number of hydrogen-bond donors (Lipinski definition) is 2. The minimum atomic E-state index is -0.516. The van der Waals surface area contributed by atoms with E-state index in [0.29, 0.717) is 6.61 Å². The number of aliphatic hydroxyl groups excluding tert-OH is 1. The summed E-state index contributed by atoms with van der Waals surface area (Å²) in [4.78, 5) is 0. The van der Waals surface area contributed by atoms with Gasteiger partial charge in [0, 0.05) is 0 Å². The lowest BCUT2D eigenvalue weighted by Gasteiger charge is -2.21. The first-order valence-corrected chi connectivity index (χ1v) is 3.11. The Bertz CT molecular complexity index is 114. The summed E-state index contributed by atoms with van der Waals surface area (Å²) >= 11 is 0. The fourth-order valence-electron chi connectivity index (χ4n) is 1.00. The molecular formula is C6H13NO2. The van der Waals surface area contributed by atoms with Gasteiger partial charge >= 0.3 is 0 Å². The predicted molar refractivity (Wildman–Crippen MR) is 34.0 cm³/mol. The topological polar surface area (TPSA) is 55.5 Å². The summed E-state index contributed by atoms with van der Waals surface area (Å²) in [5.41, 5.74) is 5.03. The Morgan fingerprint density at radius 1 is 1.67 bits per heavy atom. The quantitative estimate of drug-likeness (QED) is 0.465. The third-order valence-corrected chi connectivity index (χ3v) is 1.77. The van der Waals surface area contributed by atoms with Crippen LogP contribution in [0.4, 0.5) is 0 Å². The molecule has 54 valence electrons. The molecule has 0 aromatic carbocycles. The van der Waals surface area contributed by atoms with E-state index in [1.807, 2.05) is 13.8 Å². The Kier molecular flexibility index (Phi) is 1.50. The van der Waals surface area contributed by atoms with E-state index in [1.54, 1.807) is 0 Å². The maximum Gasteiger partial charge on any atom is 0.0997 e. The first kappa shape index (κ1) is 6.99. The first-order chi connectivity index (χ1) is 4.04. The SMILES string of the molecule is CC1(C)OC[C@H](N)[C@H]1O. The minimum absolute atomic E-state index is 0.208. The van der Waals surface area contributed by atoms with Crippen molar-refractivity contribution in [2.24, 2.45) is 5.73 Å². The average molecular weight is 131 g/mol. The van der Waals surface area contributed by atoms with Crippen molar-refractivity contribution in [2.45, 2.75) is 31.6 Å². The summed E-state index contributed by atoms with van der Waals surface area (Å²) < 4.78 is 5.19. The van der Waals surface area contributed by atoms with Crippen molar-refractivity contribution >= 4 is 0 Å². The Morgan fingerprint density at radius 2 is 2.22 bits per heavy atom. The largest absolute Gasteiger partial charge is 0.388 e. The van der Waals surface area contributed by atoms with Crippen LogP contribution in [0.25, 0.3) is 0 Å². The van der Waals surface area contributed by atoms with Crippen molar-refractivity contribution in [3.63, 3.8) is 0 Å². The summed E-state index contributed by atoms with van der Waals surface area (Å²) in [7, 11) is 0. The average Bonchev–Trinajstić information content (AvgIpc) is 1.97. The van der Waals surface area contributed by atoms with E-state index in [4.69, 9.17) is 10.5 Å². The van der Waals surface area contributed by atoms with Crippen molar-refractivity contribution < 1.29 is 9.84 Å². The molecule has 1 aliphatic rings. The van der Waals surface area contributed by atoms with E-state index in [0.717, 1.165) is 0 Å². The molecule has 9 heavy (non-hydrogen) atoms. The van der Waals surface area contributed by atoms with E-state index in [1.165, 1.54) is 0 Å². The van der Waals surface area contributed by atoms with Gasteiger partial charge in [-0.05, 0) is 13.8 Å². The van der Waals surface area contributed by atoms with Crippen LogP contribution >= 0.6 is 0 Å². The van der Waals surface area contributed by atoms with Crippen LogP contribution in [0, 0.1) is 0 Å². The molecule has 0 bridgehead atoms. The van der Waals surface area contributed by atoms with Crippen LogP contribution < -0.4 is 5.73 Å². The van der Waals surface area contributed by atoms with Gasteiger partial charge in [0.1, 0.15) is 0 Å². The Balaban J connectivity index is 2.62. The molecule has 3 heteroatoms. The van der Waals surface area contributed by atoms with Gasteiger partial charge in [0.15, 0.2) is 0 Å². The molecule has 1 fully saturated rings. The monoisotopic (exact) mass is 131 g/mol. The highest BCUT2D eigenvalue weighted by Crippen LogP contribution is 2.23. The second kappa shape index (κ2) is 1.94. The number of hydrogen-bond acceptors (Lipinski definition) is 3. The number of nitrogens with two attached hydrogens (primary N) is 1. The second-order valence-corrected chi connectivity index (χ2v) is 3.02. The molecule has 0 spiro atoms. The van der Waals surface area contributed by atoms with Crippen LogP contribution in [0.2, 0.25) is 0 Å². The van der Waals surface area contributed by atoms with Crippen molar-refractivity contribution in [3.8, 4) is 0 Å². The molecule has 0 amide bonds. The summed E-state index contributed by atoms with van der Waals surface area (Å²) in [6.45, 7) is 4.14. The molecule has 0 saturated carbocycles. The van der Waals surface area contributed by atoms with Crippen LogP contribution in [0.5, 0.6) is 0 Å². The standard InChI is InChI=1S/C6H13NO2/c1-6(2)5(8)4(7)3-9-6/h4-5,8H,3,7H2,1-2H3/t4-,5+/m0/s1. The molecule has 0 aliphatic carbocycles. The molecule has 1 heterocycles. The summed E-state index contributed by atoms with van der Waals surface area (Å²) in [6, 6.07) is -0.208. The summed E-state index contributed by atoms with van der Waals surface area (Å²) in [5, 5.41) is 9.28. The van der Waals surface area contributed by atoms with Gasteiger partial charge in [-0.2, -0.15) is 0 Å². The van der Waals surface area contributed by atoms with Crippen molar-refractivity contribution in [1.29, 1.82) is 0 Å². The predicted octanol–water partition coefficient (Wildman–Crippen LogP) is -0.517. The molecule has 0 aromatic rings. The molecule has 3 nitrogen and oxygen atoms in total. The van der Waals surface area contributed by atoms with E-state index in [9.17, 15) is 5.11 Å². The third-order valence-electron chi connectivity index (χ3n) is 1.77. The highest BCUT2D eigenvalue weighted by Gasteiger charge is 2.39. The van der Waals surface area contributed by atoms with Gasteiger partial charge in [-0.25, -0.2) is 0 Å². The lowest BCUT2D eigenvalue weighted by molar-refractivity contribution is -0.0294. The van der Waals surface area contributed by atoms with Crippen LogP contribution in [-0.2, 0) is 4.74 Å². The molecule has 0 aromatic heterocycles. The smallest absolute Gasteiger partial charge is 0.0997 e. The minimum Gasteiger partial charge on any atom is -0.388 e. The molecule has 2 atom stereocenters. The Morgan fingerprint density at radius 3 is 2.33 bits per heavy atom. The third kappa shape index (κ3) is 1.08. The van der Waals surface area contributed by atoms with Crippen LogP contribution in [0.3, 0.4) is 0 Å². The lowest BCUT2D eigenvalue weighted by atomic mass is 10.00. The van der Waals surface area contributed by atoms with Gasteiger partial charge in [0.2, 0.25) is 0 Å². The lowest BCUT2D eigenvalue weighted by Crippen LogP contribution is -2.41. The number of rotatable bonds is 0. The van der Waals surface area contributed by atoms with Crippen molar-refractivity contribution in [3.05, 3.63) is 0 Å². The first-order valence-electron chi connectivity index (χ1n) is 3.11. The fourth-order valence-corrected chi connectivity index (χ4v) is 1.00. The van der Waals surface area contributed by atoms with E-state index in [-0.39, 0.29) is 6.04 Å². The van der Waals surface area contributed by atoms with Crippen LogP contribution in [-0.4, -0.2) is 29.5 Å². The number of ether oxygens (including phenoxy) is 1. The zero-order chi connectivity index (χ0) is 7.07. The number of aliphatic hydroxyl groups is 1. The van der Waals surface area contributed by atoms with Crippen LogP contribution in [0.1, 0.15) is 13.8 Å². The molecule has 0 radical (unpaired) electrons. The highest BCUT2D eigenvalue weighted by atomic mass is 16.5. The Labute approximate surface area is 54.8 Å². The van der Waals surface area contributed by atoms with Gasteiger partial charge in [0.05, 0.1) is 24.4 Å². The van der Waals surface area contributed by atoms with Gasteiger partial charge in [-0.3, -0.25) is 0 Å². The molecule has 1 aliphatic heterocycles. The van der Waals surface area contributed by atoms with E-state index >= 15 is 0 Å². The second-order valence-electron chi connectivity index (χ2n) is 3.02. The van der Waals surface area contributed by atoms with E-state index in [2.05, 4.69) is 0 Å². The molecule has 1 rings (SSSR count). The normalized spacial score (nSPS) is 41.3. The zero-order valence-electron chi connectivity index (χ0n) is 5.79. The van der Waals surface area contributed by atoms with Crippen molar-refractivity contribution in [2.75, 3.05) is 6.61 Å². The van der Waals surface area contributed by atoms with Crippen molar-refractivity contribution in [1.82, 2.24) is 0 Å². The van der Waals surface area contributed by atoms with Gasteiger partial charge < -0.3 is 15.6 Å². The zero-order valence-corrected chi connectivity index (χ0v) is 5.79. The summed E-state index contributed by atoms with van der Waals surface area (Å²) in [5.74, 6) is 0. The molecule has 0 unspecified atom stereocenters. The maximum atomic E-state index is 9.28. The Hall–Kier alpha value is -0.120. The van der Waals surface area contributed by atoms with Gasteiger partial charge in [0.25, 0.3) is 0 Å². The van der Waals surface area contributed by atoms with Gasteiger partial charge in [-0.1, -0.05) is 0 Å². The van der Waals surface area contributed by atoms with E-state index < -0.39 is 11.7 Å². The maximum absolute atomic E-state index is 9.28. The highest BCUT2D eigenvalue weighted by molar-refractivity contribution is 4.92. The molecule has 1 saturated heterocycles.